The normalized spacial score (nSPS) is 11.1. The van der Waals surface area contributed by atoms with Gasteiger partial charge in [0.15, 0.2) is 5.15 Å². The maximum absolute atomic E-state index is 11.9. The highest BCUT2D eigenvalue weighted by molar-refractivity contribution is 7.92. The summed E-state index contributed by atoms with van der Waals surface area (Å²) in [6.07, 6.45) is 1.47. The number of rotatable bonds is 6. The molecule has 21 heavy (non-hydrogen) atoms. The topological polar surface area (TPSA) is 94.3 Å². The molecule has 0 amide bonds. The third-order valence-electron chi connectivity index (χ3n) is 2.55. The molecule has 0 saturated carbocycles. The Hall–Kier alpha value is -1.99. The number of hydrogen-bond acceptors (Lipinski definition) is 5. The third kappa shape index (κ3) is 4.51. The number of nitrogens with zero attached hydrogens (tertiary/aromatic N) is 1. The van der Waals surface area contributed by atoms with Gasteiger partial charge >= 0.3 is 0 Å². The minimum atomic E-state index is -3.58. The van der Waals surface area contributed by atoms with Gasteiger partial charge in [-0.15, -0.1) is 0 Å². The van der Waals surface area contributed by atoms with Gasteiger partial charge in [-0.25, -0.2) is 13.4 Å². The molecule has 0 aliphatic carbocycles. The molecule has 2 aromatic rings. The quantitative estimate of drug-likeness (QED) is 0.626. The minimum Gasteiger partial charge on any atom is -0.490 e. The van der Waals surface area contributed by atoms with Crippen LogP contribution in [0.5, 0.6) is 5.75 Å². The molecule has 0 aliphatic rings. The number of sulfonamides is 1. The summed E-state index contributed by atoms with van der Waals surface area (Å²) in [6.45, 7) is -0.0264. The molecule has 0 aliphatic heterocycles. The maximum atomic E-state index is 11.9. The zero-order valence-electron chi connectivity index (χ0n) is 11.0. The van der Waals surface area contributed by atoms with Crippen molar-refractivity contribution in [2.45, 2.75) is 0 Å². The largest absolute Gasteiger partial charge is 0.490 e. The highest BCUT2D eigenvalue weighted by Crippen LogP contribution is 2.21. The molecule has 1 aromatic heterocycles. The van der Waals surface area contributed by atoms with Crippen LogP contribution in [-0.2, 0) is 10.0 Å². The molecule has 1 heterocycles. The highest BCUT2D eigenvalue weighted by Gasteiger charge is 2.13. The standard InChI is InChI=1S/C13H14ClN3O3S/c14-13-11(5-3-7-16-13)17-21(18,19)9-8-20-12-6-2-1-4-10(12)15/h1-7,17H,8-9,15H2. The van der Waals surface area contributed by atoms with E-state index in [-0.39, 0.29) is 23.2 Å². The number of para-hydroxylation sites is 2. The average molecular weight is 328 g/mol. The van der Waals surface area contributed by atoms with Crippen molar-refractivity contribution in [2.75, 3.05) is 22.8 Å². The molecule has 3 N–H and O–H groups in total. The molecule has 0 spiro atoms. The van der Waals surface area contributed by atoms with E-state index in [0.717, 1.165) is 0 Å². The van der Waals surface area contributed by atoms with Crippen molar-refractivity contribution in [3.63, 3.8) is 0 Å². The van der Waals surface area contributed by atoms with Gasteiger partial charge in [-0.2, -0.15) is 0 Å². The Morgan fingerprint density at radius 1 is 1.24 bits per heavy atom. The summed E-state index contributed by atoms with van der Waals surface area (Å²) < 4.78 is 31.5. The molecule has 0 atom stereocenters. The first-order valence-electron chi connectivity index (χ1n) is 6.06. The molecule has 0 saturated heterocycles. The second-order valence-electron chi connectivity index (χ2n) is 4.15. The van der Waals surface area contributed by atoms with Gasteiger partial charge < -0.3 is 10.5 Å². The second kappa shape index (κ2) is 6.64. The van der Waals surface area contributed by atoms with E-state index in [0.29, 0.717) is 11.4 Å². The van der Waals surface area contributed by atoms with Crippen molar-refractivity contribution in [3.8, 4) is 5.75 Å². The average Bonchev–Trinajstić information content (AvgIpc) is 2.43. The van der Waals surface area contributed by atoms with Crippen molar-refractivity contribution in [3.05, 3.63) is 47.7 Å². The van der Waals surface area contributed by atoms with E-state index >= 15 is 0 Å². The maximum Gasteiger partial charge on any atom is 0.236 e. The van der Waals surface area contributed by atoms with Crippen LogP contribution in [0.25, 0.3) is 0 Å². The summed E-state index contributed by atoms with van der Waals surface area (Å²) >= 11 is 5.80. The van der Waals surface area contributed by atoms with Crippen LogP contribution in [0.15, 0.2) is 42.6 Å². The van der Waals surface area contributed by atoms with E-state index in [4.69, 9.17) is 22.1 Å². The molecule has 2 rings (SSSR count). The Kier molecular flexibility index (Phi) is 4.87. The zero-order valence-corrected chi connectivity index (χ0v) is 12.6. The number of benzene rings is 1. The van der Waals surface area contributed by atoms with Crippen LogP contribution in [0.3, 0.4) is 0 Å². The molecule has 0 bridgehead atoms. The van der Waals surface area contributed by atoms with E-state index in [1.165, 1.54) is 12.3 Å². The number of pyridine rings is 1. The SMILES string of the molecule is Nc1ccccc1OCCS(=O)(=O)Nc1cccnc1Cl. The summed E-state index contributed by atoms with van der Waals surface area (Å²) in [5.41, 5.74) is 6.39. The Morgan fingerprint density at radius 2 is 2.00 bits per heavy atom. The summed E-state index contributed by atoms with van der Waals surface area (Å²) in [5, 5.41) is 0.0919. The van der Waals surface area contributed by atoms with Crippen molar-refractivity contribution >= 4 is 33.0 Å². The first-order valence-corrected chi connectivity index (χ1v) is 8.09. The number of halogens is 1. The van der Waals surface area contributed by atoms with Crippen LogP contribution < -0.4 is 15.2 Å². The van der Waals surface area contributed by atoms with Gasteiger partial charge in [0.05, 0.1) is 11.4 Å². The summed E-state index contributed by atoms with van der Waals surface area (Å²) in [6, 6.07) is 10.00. The van der Waals surface area contributed by atoms with Gasteiger partial charge in [0.25, 0.3) is 0 Å². The smallest absolute Gasteiger partial charge is 0.236 e. The number of hydrogen-bond donors (Lipinski definition) is 2. The van der Waals surface area contributed by atoms with Crippen LogP contribution in [0.1, 0.15) is 0 Å². The van der Waals surface area contributed by atoms with E-state index in [9.17, 15) is 8.42 Å². The van der Waals surface area contributed by atoms with Crippen molar-refractivity contribution < 1.29 is 13.2 Å². The van der Waals surface area contributed by atoms with Crippen molar-refractivity contribution in [2.24, 2.45) is 0 Å². The Morgan fingerprint density at radius 3 is 2.71 bits per heavy atom. The lowest BCUT2D eigenvalue weighted by Gasteiger charge is -2.11. The Balaban J connectivity index is 1.93. The second-order valence-corrected chi connectivity index (χ2v) is 6.35. The fraction of sp³-hybridized carbons (Fsp3) is 0.154. The Bertz CT molecular complexity index is 722. The molecule has 0 radical (unpaired) electrons. The molecule has 0 unspecified atom stereocenters. The summed E-state index contributed by atoms with van der Waals surface area (Å²) in [7, 11) is -3.58. The summed E-state index contributed by atoms with van der Waals surface area (Å²) in [5.74, 6) is 0.221. The van der Waals surface area contributed by atoms with Crippen molar-refractivity contribution in [1.82, 2.24) is 4.98 Å². The highest BCUT2D eigenvalue weighted by atomic mass is 35.5. The predicted octanol–water partition coefficient (Wildman–Crippen LogP) is 2.14. The molecule has 1 aromatic carbocycles. The monoisotopic (exact) mass is 327 g/mol. The first kappa shape index (κ1) is 15.4. The minimum absolute atomic E-state index is 0.0264. The van der Waals surface area contributed by atoms with E-state index in [2.05, 4.69) is 9.71 Å². The number of nitrogen functional groups attached to an aromatic ring is 1. The molecular weight excluding hydrogens is 314 g/mol. The first-order chi connectivity index (χ1) is 9.98. The molecule has 112 valence electrons. The van der Waals surface area contributed by atoms with E-state index < -0.39 is 10.0 Å². The number of ether oxygens (including phenoxy) is 1. The van der Waals surface area contributed by atoms with Gasteiger partial charge in [0.2, 0.25) is 10.0 Å². The number of nitrogens with two attached hydrogens (primary N) is 1. The van der Waals surface area contributed by atoms with Crippen LogP contribution >= 0.6 is 11.6 Å². The Labute approximate surface area is 128 Å². The molecule has 8 heteroatoms. The molecule has 0 fully saturated rings. The van der Waals surface area contributed by atoms with E-state index in [1.54, 1.807) is 30.3 Å². The summed E-state index contributed by atoms with van der Waals surface area (Å²) in [4.78, 5) is 3.79. The van der Waals surface area contributed by atoms with E-state index in [1.807, 2.05) is 0 Å². The number of aromatic nitrogens is 1. The van der Waals surface area contributed by atoms with Gasteiger partial charge in [-0.05, 0) is 24.3 Å². The molecule has 6 nitrogen and oxygen atoms in total. The van der Waals surface area contributed by atoms with Gasteiger partial charge in [-0.3, -0.25) is 4.72 Å². The number of anilines is 2. The van der Waals surface area contributed by atoms with Gasteiger partial charge in [-0.1, -0.05) is 23.7 Å². The van der Waals surface area contributed by atoms with Gasteiger partial charge in [0, 0.05) is 6.20 Å². The van der Waals surface area contributed by atoms with Crippen LogP contribution in [-0.4, -0.2) is 25.8 Å². The van der Waals surface area contributed by atoms with Crippen molar-refractivity contribution in [1.29, 1.82) is 0 Å². The fourth-order valence-corrected chi connectivity index (χ4v) is 2.68. The molecular formula is C13H14ClN3O3S. The third-order valence-corrected chi connectivity index (χ3v) is 4.09. The predicted molar refractivity (Wildman–Crippen MR) is 83.0 cm³/mol. The van der Waals surface area contributed by atoms with Crippen LogP contribution in [0, 0.1) is 0 Å². The lowest BCUT2D eigenvalue weighted by Crippen LogP contribution is -2.21. The zero-order chi connectivity index (χ0) is 15.3. The van der Waals surface area contributed by atoms with Crippen LogP contribution in [0.4, 0.5) is 11.4 Å². The van der Waals surface area contributed by atoms with Gasteiger partial charge in [0.1, 0.15) is 18.1 Å². The van der Waals surface area contributed by atoms with Crippen LogP contribution in [0.2, 0.25) is 5.15 Å². The lowest BCUT2D eigenvalue weighted by atomic mass is 10.3. The fourth-order valence-electron chi connectivity index (χ4n) is 1.55. The lowest BCUT2D eigenvalue weighted by molar-refractivity contribution is 0.343. The number of nitrogens with one attached hydrogen (secondary N) is 1.